The summed E-state index contributed by atoms with van der Waals surface area (Å²) in [5, 5.41) is 0.711. The fourth-order valence-electron chi connectivity index (χ4n) is 3.60. The Morgan fingerprint density at radius 3 is 2.38 bits per heavy atom. The number of likely N-dealkylation sites (tertiary alicyclic amines) is 1. The number of aromatic nitrogens is 1. The second kappa shape index (κ2) is 9.21. The highest BCUT2D eigenvalue weighted by Crippen LogP contribution is 2.27. The molecule has 0 saturated carbocycles. The number of benzene rings is 2. The van der Waals surface area contributed by atoms with E-state index in [0.717, 1.165) is 48.3 Å². The van der Waals surface area contributed by atoms with Crippen LogP contribution in [-0.2, 0) is 0 Å². The standard InChI is InChI=1S/C24H23ClN2O2/c25-22-7-3-18(4-8-22)20-5-9-23(26-16-20)19-6-10-24(21(15-19)17-28)29-14-13-27-11-1-2-12-27/h3-10,15-17H,1-2,11-14H2. The molecule has 0 atom stereocenters. The van der Waals surface area contributed by atoms with E-state index in [1.54, 1.807) is 0 Å². The second-order valence-corrected chi connectivity index (χ2v) is 7.64. The molecule has 3 aromatic rings. The molecule has 4 nitrogen and oxygen atoms in total. The molecule has 0 N–H and O–H groups in total. The third-order valence-electron chi connectivity index (χ3n) is 5.24. The highest BCUT2D eigenvalue weighted by molar-refractivity contribution is 6.30. The summed E-state index contributed by atoms with van der Waals surface area (Å²) in [7, 11) is 0. The maximum Gasteiger partial charge on any atom is 0.153 e. The molecule has 2 aromatic carbocycles. The Balaban J connectivity index is 1.46. The summed E-state index contributed by atoms with van der Waals surface area (Å²) in [6.45, 7) is 3.77. The van der Waals surface area contributed by atoms with Gasteiger partial charge in [0.2, 0.25) is 0 Å². The molecule has 0 unspecified atom stereocenters. The Hall–Kier alpha value is -2.69. The quantitative estimate of drug-likeness (QED) is 0.495. The summed E-state index contributed by atoms with van der Waals surface area (Å²) in [6, 6.07) is 17.3. The number of carbonyl (C=O) groups excluding carboxylic acids is 1. The smallest absolute Gasteiger partial charge is 0.153 e. The van der Waals surface area contributed by atoms with Crippen molar-refractivity contribution in [2.75, 3.05) is 26.2 Å². The Kier molecular flexibility index (Phi) is 6.23. The average molecular weight is 407 g/mol. The summed E-state index contributed by atoms with van der Waals surface area (Å²) >= 11 is 5.95. The van der Waals surface area contributed by atoms with Crippen molar-refractivity contribution in [3.63, 3.8) is 0 Å². The second-order valence-electron chi connectivity index (χ2n) is 7.21. The summed E-state index contributed by atoms with van der Waals surface area (Å²) in [6.07, 6.45) is 5.20. The summed E-state index contributed by atoms with van der Waals surface area (Å²) in [4.78, 5) is 18.5. The number of rotatable bonds is 7. The SMILES string of the molecule is O=Cc1cc(-c2ccc(-c3ccc(Cl)cc3)cn2)ccc1OCCN1CCCC1. The molecule has 0 aliphatic carbocycles. The van der Waals surface area contributed by atoms with Crippen molar-refractivity contribution >= 4 is 17.9 Å². The third-order valence-corrected chi connectivity index (χ3v) is 5.49. The monoisotopic (exact) mass is 406 g/mol. The summed E-state index contributed by atoms with van der Waals surface area (Å²) in [5.41, 5.74) is 4.33. The van der Waals surface area contributed by atoms with Crippen molar-refractivity contribution in [2.45, 2.75) is 12.8 Å². The molecule has 1 saturated heterocycles. The molecule has 148 valence electrons. The van der Waals surface area contributed by atoms with Crippen molar-refractivity contribution in [3.05, 3.63) is 71.4 Å². The molecule has 29 heavy (non-hydrogen) atoms. The number of hydrogen-bond donors (Lipinski definition) is 0. The van der Waals surface area contributed by atoms with Gasteiger partial charge in [0.15, 0.2) is 6.29 Å². The highest BCUT2D eigenvalue weighted by atomic mass is 35.5. The van der Waals surface area contributed by atoms with E-state index in [-0.39, 0.29) is 0 Å². The van der Waals surface area contributed by atoms with Gasteiger partial charge in [0.1, 0.15) is 12.4 Å². The normalized spacial score (nSPS) is 14.1. The molecular weight excluding hydrogens is 384 g/mol. The molecule has 0 spiro atoms. The number of hydrogen-bond acceptors (Lipinski definition) is 4. The predicted molar refractivity (Wildman–Crippen MR) is 117 cm³/mol. The first-order chi connectivity index (χ1) is 14.2. The minimum absolute atomic E-state index is 0.549. The number of pyridine rings is 1. The average Bonchev–Trinajstić information content (AvgIpc) is 3.28. The summed E-state index contributed by atoms with van der Waals surface area (Å²) < 4.78 is 5.86. The van der Waals surface area contributed by atoms with Crippen molar-refractivity contribution < 1.29 is 9.53 Å². The Bertz CT molecular complexity index is 965. The largest absolute Gasteiger partial charge is 0.492 e. The van der Waals surface area contributed by atoms with E-state index < -0.39 is 0 Å². The Morgan fingerprint density at radius 2 is 1.69 bits per heavy atom. The molecule has 1 aliphatic heterocycles. The van der Waals surface area contributed by atoms with Gasteiger partial charge in [-0.15, -0.1) is 0 Å². The lowest BCUT2D eigenvalue weighted by atomic mass is 10.0. The Labute approximate surface area is 176 Å². The van der Waals surface area contributed by atoms with Crippen LogP contribution in [0.2, 0.25) is 5.02 Å². The zero-order valence-corrected chi connectivity index (χ0v) is 16.9. The van der Waals surface area contributed by atoms with Crippen LogP contribution in [0.25, 0.3) is 22.4 Å². The maximum atomic E-state index is 11.6. The number of ether oxygens (including phenoxy) is 1. The van der Waals surface area contributed by atoms with E-state index in [2.05, 4.69) is 9.88 Å². The minimum atomic E-state index is 0.549. The van der Waals surface area contributed by atoms with Crippen LogP contribution in [-0.4, -0.2) is 42.4 Å². The van der Waals surface area contributed by atoms with Gasteiger partial charge in [-0.25, -0.2) is 0 Å². The van der Waals surface area contributed by atoms with Gasteiger partial charge in [0.05, 0.1) is 11.3 Å². The van der Waals surface area contributed by atoms with Gasteiger partial charge in [0, 0.05) is 28.9 Å². The van der Waals surface area contributed by atoms with E-state index in [9.17, 15) is 4.79 Å². The topological polar surface area (TPSA) is 42.4 Å². The number of aldehydes is 1. The fourth-order valence-corrected chi connectivity index (χ4v) is 3.73. The molecule has 0 bridgehead atoms. The molecule has 5 heteroatoms. The predicted octanol–water partition coefficient (Wildman–Crippen LogP) is 5.36. The van der Waals surface area contributed by atoms with Gasteiger partial charge in [-0.3, -0.25) is 14.7 Å². The lowest BCUT2D eigenvalue weighted by molar-refractivity contribution is 0.111. The fraction of sp³-hybridized carbons (Fsp3) is 0.250. The van der Waals surface area contributed by atoms with E-state index in [1.807, 2.05) is 60.8 Å². The van der Waals surface area contributed by atoms with Crippen molar-refractivity contribution in [3.8, 4) is 28.1 Å². The zero-order chi connectivity index (χ0) is 20.1. The van der Waals surface area contributed by atoms with Crippen LogP contribution in [0.1, 0.15) is 23.2 Å². The van der Waals surface area contributed by atoms with Crippen molar-refractivity contribution in [2.24, 2.45) is 0 Å². The van der Waals surface area contributed by atoms with Crippen LogP contribution < -0.4 is 4.74 Å². The third kappa shape index (κ3) is 4.84. The van der Waals surface area contributed by atoms with E-state index >= 15 is 0 Å². The number of halogens is 1. The van der Waals surface area contributed by atoms with Gasteiger partial charge in [-0.2, -0.15) is 0 Å². The molecule has 1 aromatic heterocycles. The molecule has 0 radical (unpaired) electrons. The molecular formula is C24H23ClN2O2. The van der Waals surface area contributed by atoms with Crippen molar-refractivity contribution in [1.29, 1.82) is 0 Å². The minimum Gasteiger partial charge on any atom is -0.492 e. The van der Waals surface area contributed by atoms with Crippen LogP contribution in [0.3, 0.4) is 0 Å². The highest BCUT2D eigenvalue weighted by Gasteiger charge is 2.12. The van der Waals surface area contributed by atoms with Crippen LogP contribution in [0.5, 0.6) is 5.75 Å². The number of nitrogens with zero attached hydrogens (tertiary/aromatic N) is 2. The lowest BCUT2D eigenvalue weighted by Crippen LogP contribution is -2.25. The molecule has 1 aliphatic rings. The maximum absolute atomic E-state index is 11.6. The molecule has 4 rings (SSSR count). The first-order valence-corrected chi connectivity index (χ1v) is 10.3. The molecule has 0 amide bonds. The summed E-state index contributed by atoms with van der Waals surface area (Å²) in [5.74, 6) is 0.626. The van der Waals surface area contributed by atoms with Crippen LogP contribution in [0.15, 0.2) is 60.8 Å². The van der Waals surface area contributed by atoms with Crippen LogP contribution in [0, 0.1) is 0 Å². The number of carbonyl (C=O) groups is 1. The molecule has 2 heterocycles. The van der Waals surface area contributed by atoms with E-state index in [1.165, 1.54) is 12.8 Å². The van der Waals surface area contributed by atoms with Gasteiger partial charge >= 0.3 is 0 Å². The first-order valence-electron chi connectivity index (χ1n) is 9.90. The van der Waals surface area contributed by atoms with E-state index in [4.69, 9.17) is 16.3 Å². The van der Waals surface area contributed by atoms with Crippen molar-refractivity contribution in [1.82, 2.24) is 9.88 Å². The zero-order valence-electron chi connectivity index (χ0n) is 16.2. The van der Waals surface area contributed by atoms with Gasteiger partial charge in [-0.1, -0.05) is 29.8 Å². The first kappa shape index (κ1) is 19.6. The van der Waals surface area contributed by atoms with Gasteiger partial charge in [-0.05, 0) is 67.9 Å². The lowest BCUT2D eigenvalue weighted by Gasteiger charge is -2.16. The van der Waals surface area contributed by atoms with E-state index in [0.29, 0.717) is 22.9 Å². The van der Waals surface area contributed by atoms with Gasteiger partial charge in [0.25, 0.3) is 0 Å². The Morgan fingerprint density at radius 1 is 0.966 bits per heavy atom. The van der Waals surface area contributed by atoms with Gasteiger partial charge < -0.3 is 4.74 Å². The van der Waals surface area contributed by atoms with Crippen LogP contribution >= 0.6 is 11.6 Å². The molecule has 1 fully saturated rings. The van der Waals surface area contributed by atoms with Crippen LogP contribution in [0.4, 0.5) is 0 Å².